The van der Waals surface area contributed by atoms with Crippen LogP contribution in [-0.4, -0.2) is 70.1 Å². The van der Waals surface area contributed by atoms with Crippen LogP contribution < -0.4 is 0 Å². The summed E-state index contributed by atoms with van der Waals surface area (Å²) in [5.74, 6) is 0. The van der Waals surface area contributed by atoms with Gasteiger partial charge in [-0.3, -0.25) is 0 Å². The second-order valence-corrected chi connectivity index (χ2v) is 0. The van der Waals surface area contributed by atoms with E-state index in [1.807, 2.05) is 0 Å². The fraction of sp³-hybridized carbons (Fsp3) is 0. The average molecular weight is 326 g/mol. The van der Waals surface area contributed by atoms with Crippen LogP contribution in [-0.2, 0) is 0 Å². The Morgan fingerprint density at radius 3 is 1.00 bits per heavy atom. The maximum absolute atomic E-state index is 0. The molecule has 4 heavy (non-hydrogen) atoms. The summed E-state index contributed by atoms with van der Waals surface area (Å²) in [6, 6.07) is 0. The molecule has 0 N–H and O–H groups in total. The summed E-state index contributed by atoms with van der Waals surface area (Å²) in [5, 5.41) is 0. The zero-order chi connectivity index (χ0) is 0. The molecule has 0 spiro atoms. The Hall–Kier alpha value is 2.28. The van der Waals surface area contributed by atoms with Crippen molar-refractivity contribution in [2.24, 2.45) is 0 Å². The molecule has 0 aliphatic rings. The van der Waals surface area contributed by atoms with E-state index >= 15 is 0 Å². The number of hydrogen-bond acceptors (Lipinski definition) is 0. The van der Waals surface area contributed by atoms with Crippen molar-refractivity contribution in [2.75, 3.05) is 0 Å². The summed E-state index contributed by atoms with van der Waals surface area (Å²) in [6.07, 6.45) is 0. The molecule has 0 saturated heterocycles. The molecule has 0 atom stereocenters. The zero-order valence-corrected chi connectivity index (χ0v) is 7.32. The molecule has 0 amide bonds. The molecular weight excluding hydrogens is 320 g/mol. The van der Waals surface area contributed by atoms with Crippen molar-refractivity contribution in [3.63, 3.8) is 0 Å². The number of hydrogen-bond donors (Lipinski definition) is 0. The third kappa shape index (κ3) is 8.86. The van der Waals surface area contributed by atoms with Crippen molar-refractivity contribution < 1.29 is 0 Å². The van der Waals surface area contributed by atoms with Gasteiger partial charge in [-0.2, -0.15) is 0 Å². The predicted octanol–water partition coefficient (Wildman–Crippen LogP) is -2.46. The van der Waals surface area contributed by atoms with Gasteiger partial charge in [0.25, 0.3) is 0 Å². The summed E-state index contributed by atoms with van der Waals surface area (Å²) in [4.78, 5) is 0. The first kappa shape index (κ1) is 33.6. The Bertz CT molecular complexity index is 8.00. The van der Waals surface area contributed by atoms with Gasteiger partial charge in [-0.15, -0.1) is 0 Å². The van der Waals surface area contributed by atoms with Crippen molar-refractivity contribution in [3.8, 4) is 0 Å². The Kier molecular flexibility index (Phi) is 156. The Balaban J connectivity index is 0. The van der Waals surface area contributed by atoms with Gasteiger partial charge in [-0.25, -0.2) is 0 Å². The molecule has 4 heteroatoms. The van der Waals surface area contributed by atoms with Gasteiger partial charge in [0.15, 0.2) is 0 Å². The summed E-state index contributed by atoms with van der Waals surface area (Å²) >= 11 is 0. The van der Waals surface area contributed by atoms with Gasteiger partial charge in [-0.05, 0) is 0 Å². The Labute approximate surface area is 75.2 Å². The third-order valence-electron chi connectivity index (χ3n) is 0. The fourth-order valence-corrected chi connectivity index (χ4v) is 0. The quantitative estimate of drug-likeness (QED) is 0.442. The van der Waals surface area contributed by atoms with Crippen molar-refractivity contribution in [1.82, 2.24) is 0 Å². The number of rotatable bonds is 0. The van der Waals surface area contributed by atoms with Gasteiger partial charge >= 0.3 is 70.1 Å². The first-order valence-corrected chi connectivity index (χ1v) is 0. The molecule has 0 aromatic carbocycles. The minimum atomic E-state index is 0. The van der Waals surface area contributed by atoms with Crippen LogP contribution in [0.5, 0.6) is 0 Å². The molecule has 0 radical (unpaired) electrons. The van der Waals surface area contributed by atoms with Crippen LogP contribution >= 0.6 is 0 Å². The van der Waals surface area contributed by atoms with Crippen LogP contribution in [0.25, 0.3) is 6.15 Å². The van der Waals surface area contributed by atoms with E-state index in [1.54, 1.807) is 0 Å². The molecular formula is H6GaInNSb. The topological polar surface area (TPSA) is 30.5 Å². The SMILES string of the molecule is [Ga+3].[In+3].[N-3].[SbH6-3]. The molecule has 0 fully saturated rings. The van der Waals surface area contributed by atoms with E-state index in [9.17, 15) is 0 Å². The average Bonchev–Trinajstić information content (AvgIpc) is 0. The van der Waals surface area contributed by atoms with E-state index in [1.165, 1.54) is 0 Å². The normalized spacial score (nSPS) is 0. The van der Waals surface area contributed by atoms with Crippen molar-refractivity contribution in [2.45, 2.75) is 0 Å². The molecule has 0 rings (SSSR count). The van der Waals surface area contributed by atoms with E-state index in [-0.39, 0.29) is 76.2 Å². The molecule has 0 aliphatic carbocycles. The van der Waals surface area contributed by atoms with Crippen molar-refractivity contribution in [1.29, 1.82) is 0 Å². The van der Waals surface area contributed by atoms with Crippen molar-refractivity contribution in [3.05, 3.63) is 6.15 Å². The van der Waals surface area contributed by atoms with E-state index in [4.69, 9.17) is 0 Å². The van der Waals surface area contributed by atoms with Gasteiger partial charge in [-0.1, -0.05) is 0 Å². The molecule has 0 aromatic heterocycles. The van der Waals surface area contributed by atoms with Gasteiger partial charge in [0.05, 0.1) is 0 Å². The monoisotopic (exact) mass is 325 g/mol. The van der Waals surface area contributed by atoms with Crippen LogP contribution in [0, 0.1) is 0 Å². The van der Waals surface area contributed by atoms with Crippen LogP contribution in [0.15, 0.2) is 0 Å². The van der Waals surface area contributed by atoms with Gasteiger partial charge in [0, 0.05) is 0 Å². The maximum atomic E-state index is 0. The number of nitrogens with zero attached hydrogens (tertiary/aromatic N) is 1. The Morgan fingerprint density at radius 2 is 1.00 bits per heavy atom. The Morgan fingerprint density at radius 1 is 1.00 bits per heavy atom. The van der Waals surface area contributed by atoms with Crippen molar-refractivity contribution >= 4 is 70.1 Å². The zero-order valence-electron chi connectivity index (χ0n) is 1.60. The molecule has 0 saturated carbocycles. The molecule has 0 unspecified atom stereocenters. The summed E-state index contributed by atoms with van der Waals surface area (Å²) in [7, 11) is 0. The second-order valence-electron chi connectivity index (χ2n) is 0. The summed E-state index contributed by atoms with van der Waals surface area (Å²) < 4.78 is 0. The standard InChI is InChI=1S/Ga.In.N.Sb.6H/q2*+3;2*-3;;;;;;. The minimum absolute atomic E-state index is 0. The van der Waals surface area contributed by atoms with E-state index in [2.05, 4.69) is 0 Å². The van der Waals surface area contributed by atoms with Crippen LogP contribution in [0.4, 0.5) is 0 Å². The van der Waals surface area contributed by atoms with Gasteiger partial charge in [0.1, 0.15) is 0 Å². The van der Waals surface area contributed by atoms with Gasteiger partial charge < -0.3 is 6.15 Å². The molecule has 0 aromatic rings. The van der Waals surface area contributed by atoms with E-state index in [0.29, 0.717) is 0 Å². The van der Waals surface area contributed by atoms with E-state index < -0.39 is 0 Å². The third-order valence-corrected chi connectivity index (χ3v) is 0. The van der Waals surface area contributed by atoms with Crippen LogP contribution in [0.2, 0.25) is 0 Å². The summed E-state index contributed by atoms with van der Waals surface area (Å²) in [5.41, 5.74) is 0. The summed E-state index contributed by atoms with van der Waals surface area (Å²) in [6.45, 7) is 0. The van der Waals surface area contributed by atoms with Gasteiger partial charge in [0.2, 0.25) is 0 Å². The molecule has 0 bridgehead atoms. The first-order valence-electron chi connectivity index (χ1n) is 0. The molecule has 0 heterocycles. The molecule has 1 nitrogen and oxygen atoms in total. The van der Waals surface area contributed by atoms with E-state index in [0.717, 1.165) is 0 Å². The molecule has 22 valence electrons. The molecule has 0 aliphatic heterocycles. The van der Waals surface area contributed by atoms with Crippen LogP contribution in [0.1, 0.15) is 0 Å². The predicted molar refractivity (Wildman–Crippen MR) is 29.0 cm³/mol. The first-order chi connectivity index (χ1) is 0. The second kappa shape index (κ2) is 18.6. The van der Waals surface area contributed by atoms with Crippen LogP contribution in [0.3, 0.4) is 0 Å². The fourth-order valence-electron chi connectivity index (χ4n) is 0.